The molecule has 0 fully saturated rings. The number of aromatic amines is 1. The van der Waals surface area contributed by atoms with E-state index in [0.29, 0.717) is 33.3 Å². The highest BCUT2D eigenvalue weighted by atomic mass is 35.5. The number of urea groups is 1. The summed E-state index contributed by atoms with van der Waals surface area (Å²) < 4.78 is 1.45. The predicted octanol–water partition coefficient (Wildman–Crippen LogP) is 5.22. The lowest BCUT2D eigenvalue weighted by Gasteiger charge is -2.18. The van der Waals surface area contributed by atoms with Crippen LogP contribution in [0.3, 0.4) is 0 Å². The van der Waals surface area contributed by atoms with E-state index in [1.807, 2.05) is 42.5 Å². The first-order valence-electron chi connectivity index (χ1n) is 14.4. The first-order valence-corrected chi connectivity index (χ1v) is 14.7. The minimum absolute atomic E-state index is 0.254. The Bertz CT molecular complexity index is 2040. The van der Waals surface area contributed by atoms with Gasteiger partial charge >= 0.3 is 6.03 Å². The van der Waals surface area contributed by atoms with Gasteiger partial charge in [0, 0.05) is 45.5 Å². The van der Waals surface area contributed by atoms with Gasteiger partial charge in [0.25, 0.3) is 0 Å². The van der Waals surface area contributed by atoms with Crippen LogP contribution < -0.4 is 21.3 Å². The van der Waals surface area contributed by atoms with E-state index in [4.69, 9.17) is 11.6 Å². The number of amides is 4. The molecule has 14 heteroatoms. The average Bonchev–Trinajstić information content (AvgIpc) is 3.78. The SMILES string of the molecule is O=C(C=Cc1cc(Cl)ccc1-n1cnnn1)N[C@@H](Cc1ccccc1)C(=O)Nc1ccc(NC(=O)Nc2ccc3[nH]ncc3c2)cc1. The highest BCUT2D eigenvalue weighted by Gasteiger charge is 2.21. The Kier molecular flexibility index (Phi) is 9.25. The summed E-state index contributed by atoms with van der Waals surface area (Å²) in [5, 5.41) is 30.6. The monoisotopic (exact) mass is 646 g/mol. The Labute approximate surface area is 273 Å². The third kappa shape index (κ3) is 8.04. The molecular weight excluding hydrogens is 620 g/mol. The molecule has 6 aromatic rings. The number of benzene rings is 4. The number of halogens is 1. The molecule has 13 nitrogen and oxygen atoms in total. The number of H-pyrrole nitrogens is 1. The molecule has 0 saturated carbocycles. The summed E-state index contributed by atoms with van der Waals surface area (Å²) in [7, 11) is 0. The van der Waals surface area contributed by atoms with E-state index >= 15 is 0 Å². The summed E-state index contributed by atoms with van der Waals surface area (Å²) in [6, 6.07) is 25.2. The minimum atomic E-state index is -0.899. The van der Waals surface area contributed by atoms with Gasteiger partial charge in [0.15, 0.2) is 0 Å². The number of hydrogen-bond donors (Lipinski definition) is 5. The number of nitrogens with one attached hydrogen (secondary N) is 5. The molecule has 6 rings (SSSR count). The molecule has 47 heavy (non-hydrogen) atoms. The summed E-state index contributed by atoms with van der Waals surface area (Å²) in [6.45, 7) is 0. The summed E-state index contributed by atoms with van der Waals surface area (Å²) in [6.07, 6.45) is 6.26. The predicted molar refractivity (Wildman–Crippen MR) is 179 cm³/mol. The molecule has 4 aromatic carbocycles. The Morgan fingerprint density at radius 2 is 1.62 bits per heavy atom. The number of anilines is 3. The van der Waals surface area contributed by atoms with Crippen molar-refractivity contribution in [3.05, 3.63) is 126 Å². The van der Waals surface area contributed by atoms with Crippen molar-refractivity contribution in [2.24, 2.45) is 0 Å². The maximum absolute atomic E-state index is 13.4. The van der Waals surface area contributed by atoms with Crippen molar-refractivity contribution in [3.8, 4) is 5.69 Å². The topological polar surface area (TPSA) is 172 Å². The summed E-state index contributed by atoms with van der Waals surface area (Å²) >= 11 is 6.19. The lowest BCUT2D eigenvalue weighted by atomic mass is 10.0. The van der Waals surface area contributed by atoms with Crippen molar-refractivity contribution in [2.75, 3.05) is 16.0 Å². The van der Waals surface area contributed by atoms with Crippen LogP contribution in [-0.4, -0.2) is 54.3 Å². The van der Waals surface area contributed by atoms with E-state index in [1.54, 1.807) is 60.8 Å². The number of carbonyl (C=O) groups excluding carboxylic acids is 3. The second-order valence-electron chi connectivity index (χ2n) is 10.4. The van der Waals surface area contributed by atoms with Crippen LogP contribution in [0.1, 0.15) is 11.1 Å². The van der Waals surface area contributed by atoms with Gasteiger partial charge in [-0.25, -0.2) is 4.79 Å². The summed E-state index contributed by atoms with van der Waals surface area (Å²) in [5.74, 6) is -0.901. The molecule has 2 heterocycles. The van der Waals surface area contributed by atoms with Gasteiger partial charge in [0.05, 0.1) is 17.4 Å². The Balaban J connectivity index is 1.10. The van der Waals surface area contributed by atoms with Crippen LogP contribution >= 0.6 is 11.6 Å². The first kappa shape index (κ1) is 30.7. The molecule has 0 aliphatic heterocycles. The Morgan fingerprint density at radius 3 is 2.38 bits per heavy atom. The van der Waals surface area contributed by atoms with Gasteiger partial charge in [-0.1, -0.05) is 41.9 Å². The van der Waals surface area contributed by atoms with Crippen LogP contribution in [0, 0.1) is 0 Å². The zero-order valence-corrected chi connectivity index (χ0v) is 25.3. The van der Waals surface area contributed by atoms with E-state index in [9.17, 15) is 14.4 Å². The lowest BCUT2D eigenvalue weighted by molar-refractivity contribution is -0.123. The molecular formula is C33H27ClN10O3. The van der Waals surface area contributed by atoms with Gasteiger partial charge in [-0.05, 0) is 82.7 Å². The molecule has 0 spiro atoms. The van der Waals surface area contributed by atoms with Crippen LogP contribution in [0.2, 0.25) is 5.02 Å². The fourth-order valence-corrected chi connectivity index (χ4v) is 4.94. The molecule has 0 saturated heterocycles. The quantitative estimate of drug-likeness (QED) is 0.127. The summed E-state index contributed by atoms with van der Waals surface area (Å²) in [4.78, 5) is 39.1. The van der Waals surface area contributed by atoms with Gasteiger partial charge in [-0.15, -0.1) is 5.10 Å². The molecule has 4 amide bonds. The fraction of sp³-hybridized carbons (Fsp3) is 0.0606. The number of aromatic nitrogens is 6. The molecule has 0 radical (unpaired) electrons. The molecule has 0 unspecified atom stereocenters. The second kappa shape index (κ2) is 14.2. The van der Waals surface area contributed by atoms with E-state index in [0.717, 1.165) is 16.5 Å². The standard InChI is InChI=1S/C33H27ClN10O3/c34-24-7-14-30(44-20-36-42-43-44)22(17-24)6-15-31(45)40-29(16-21-4-2-1-3-5-21)32(46)37-25-8-10-26(11-9-25)38-33(47)39-27-12-13-28-23(18-27)19-35-41-28/h1-15,17-20,29H,16H2,(H,35,41)(H,37,46)(H,40,45)(H2,38,39,47)/t29-/m0/s1. The average molecular weight is 647 g/mol. The first-order chi connectivity index (χ1) is 22.9. The number of fused-ring (bicyclic) bond motifs is 1. The van der Waals surface area contributed by atoms with Crippen LogP contribution in [0.15, 0.2) is 110 Å². The molecule has 5 N–H and O–H groups in total. The largest absolute Gasteiger partial charge is 0.340 e. The van der Waals surface area contributed by atoms with Crippen molar-refractivity contribution >= 4 is 63.5 Å². The number of tetrazole rings is 1. The zero-order valence-electron chi connectivity index (χ0n) is 24.6. The smallest absolute Gasteiger partial charge is 0.323 e. The highest BCUT2D eigenvalue weighted by molar-refractivity contribution is 6.30. The van der Waals surface area contributed by atoms with Gasteiger partial charge in [0.1, 0.15) is 12.4 Å². The van der Waals surface area contributed by atoms with Crippen molar-refractivity contribution in [1.82, 2.24) is 35.7 Å². The molecule has 1 atom stereocenters. The third-order valence-electron chi connectivity index (χ3n) is 7.02. The van der Waals surface area contributed by atoms with Crippen LogP contribution in [0.5, 0.6) is 0 Å². The van der Waals surface area contributed by atoms with Crippen LogP contribution in [-0.2, 0) is 16.0 Å². The maximum Gasteiger partial charge on any atom is 0.323 e. The van der Waals surface area contributed by atoms with Crippen molar-refractivity contribution in [3.63, 3.8) is 0 Å². The number of rotatable bonds is 10. The summed E-state index contributed by atoms with van der Waals surface area (Å²) in [5.41, 5.74) is 4.57. The maximum atomic E-state index is 13.4. The zero-order chi connectivity index (χ0) is 32.6. The third-order valence-corrected chi connectivity index (χ3v) is 7.26. The second-order valence-corrected chi connectivity index (χ2v) is 10.8. The van der Waals surface area contributed by atoms with E-state index in [2.05, 4.69) is 47.0 Å². The highest BCUT2D eigenvalue weighted by Crippen LogP contribution is 2.21. The molecule has 2 aromatic heterocycles. The molecule has 0 aliphatic rings. The molecule has 0 bridgehead atoms. The Hall–Kier alpha value is -6.34. The lowest BCUT2D eigenvalue weighted by Crippen LogP contribution is -2.44. The van der Waals surface area contributed by atoms with E-state index in [1.165, 1.54) is 17.1 Å². The van der Waals surface area contributed by atoms with E-state index < -0.39 is 23.9 Å². The minimum Gasteiger partial charge on any atom is -0.340 e. The number of nitrogens with zero attached hydrogens (tertiary/aromatic N) is 5. The number of hydrogen-bond acceptors (Lipinski definition) is 7. The normalized spacial score (nSPS) is 11.7. The van der Waals surface area contributed by atoms with Crippen LogP contribution in [0.4, 0.5) is 21.9 Å². The Morgan fingerprint density at radius 1 is 0.872 bits per heavy atom. The van der Waals surface area contributed by atoms with Crippen molar-refractivity contribution < 1.29 is 14.4 Å². The van der Waals surface area contributed by atoms with Gasteiger partial charge in [0.2, 0.25) is 11.8 Å². The van der Waals surface area contributed by atoms with Crippen molar-refractivity contribution in [2.45, 2.75) is 12.5 Å². The molecule has 0 aliphatic carbocycles. The molecule has 234 valence electrons. The number of carbonyl (C=O) groups is 3. The van der Waals surface area contributed by atoms with Gasteiger partial charge in [-0.3, -0.25) is 14.7 Å². The van der Waals surface area contributed by atoms with Gasteiger partial charge in [-0.2, -0.15) is 9.78 Å². The fourth-order valence-electron chi connectivity index (χ4n) is 4.76. The van der Waals surface area contributed by atoms with Crippen LogP contribution in [0.25, 0.3) is 22.7 Å². The van der Waals surface area contributed by atoms with Gasteiger partial charge < -0.3 is 21.3 Å². The van der Waals surface area contributed by atoms with E-state index in [-0.39, 0.29) is 6.42 Å². The van der Waals surface area contributed by atoms with Crippen molar-refractivity contribution in [1.29, 1.82) is 0 Å².